The number of para-hydroxylation sites is 1. The molecule has 2 fully saturated rings. The smallest absolute Gasteiger partial charge is 0.250 e. The number of anilines is 1. The first-order valence-electron chi connectivity index (χ1n) is 10.4. The number of ether oxygens (including phenoxy) is 1. The summed E-state index contributed by atoms with van der Waals surface area (Å²) in [6.07, 6.45) is -0.193. The zero-order valence-corrected chi connectivity index (χ0v) is 18.4. The van der Waals surface area contributed by atoms with Crippen LogP contribution in [0.25, 0.3) is 0 Å². The number of benzene rings is 2. The number of nitrogens with one attached hydrogen (secondary N) is 2. The summed E-state index contributed by atoms with van der Waals surface area (Å²) in [5.74, 6) is -3.35. The molecule has 2 aromatic rings. The van der Waals surface area contributed by atoms with Crippen molar-refractivity contribution in [1.29, 1.82) is 0 Å². The monoisotopic (exact) mass is 468 g/mol. The highest BCUT2D eigenvalue weighted by molar-refractivity contribution is 6.35. The van der Waals surface area contributed by atoms with Crippen LogP contribution in [0.15, 0.2) is 42.5 Å². The van der Waals surface area contributed by atoms with Crippen LogP contribution in [0.1, 0.15) is 17.5 Å². The minimum Gasteiger partial charge on any atom is -0.497 e. The Labute approximate surface area is 194 Å². The first-order valence-corrected chi connectivity index (χ1v) is 10.8. The average molecular weight is 469 g/mol. The number of imide groups is 1. The lowest BCUT2D eigenvalue weighted by Crippen LogP contribution is -2.53. The van der Waals surface area contributed by atoms with Gasteiger partial charge in [0.25, 0.3) is 0 Å². The van der Waals surface area contributed by atoms with Crippen molar-refractivity contribution < 1.29 is 23.9 Å². The molecule has 5 rings (SSSR count). The molecule has 3 aliphatic rings. The van der Waals surface area contributed by atoms with Gasteiger partial charge in [0.1, 0.15) is 11.3 Å². The summed E-state index contributed by atoms with van der Waals surface area (Å²) in [5, 5.41) is 6.21. The molecule has 0 radical (unpaired) electrons. The Hall–Kier alpha value is -3.43. The van der Waals surface area contributed by atoms with Gasteiger partial charge < -0.3 is 15.8 Å². The fourth-order valence-electron chi connectivity index (χ4n) is 5.31. The van der Waals surface area contributed by atoms with E-state index < -0.39 is 47.0 Å². The number of hydrogen-bond donors (Lipinski definition) is 3. The van der Waals surface area contributed by atoms with E-state index in [9.17, 15) is 19.2 Å². The highest BCUT2D eigenvalue weighted by Gasteiger charge is 2.70. The summed E-state index contributed by atoms with van der Waals surface area (Å²) in [7, 11) is 1.55. The Balaban J connectivity index is 1.58. The van der Waals surface area contributed by atoms with E-state index in [4.69, 9.17) is 22.1 Å². The number of amides is 4. The van der Waals surface area contributed by atoms with E-state index in [1.807, 2.05) is 0 Å². The van der Waals surface area contributed by atoms with Crippen molar-refractivity contribution in [3.05, 3.63) is 58.6 Å². The van der Waals surface area contributed by atoms with Crippen LogP contribution in [-0.4, -0.2) is 41.7 Å². The SMILES string of the molecule is COc1ccc(CN2C(=O)[C@@H]3[C@@H](C2=O)[C@@]2(N[C@@H]3CC(N)=O)C(=O)Nc3c(Cl)cccc32)cc1. The van der Waals surface area contributed by atoms with Gasteiger partial charge in [-0.15, -0.1) is 0 Å². The number of carbonyl (C=O) groups is 4. The van der Waals surface area contributed by atoms with Gasteiger partial charge in [-0.2, -0.15) is 0 Å². The van der Waals surface area contributed by atoms with Crippen molar-refractivity contribution in [3.63, 3.8) is 0 Å². The largest absolute Gasteiger partial charge is 0.497 e. The zero-order valence-electron chi connectivity index (χ0n) is 17.6. The second-order valence-electron chi connectivity index (χ2n) is 8.46. The van der Waals surface area contributed by atoms with E-state index in [2.05, 4.69) is 10.6 Å². The van der Waals surface area contributed by atoms with E-state index in [1.165, 1.54) is 0 Å². The standard InChI is InChI=1S/C23H21ClN4O5/c1-33-12-7-5-11(6-8-12)10-28-20(30)17-15(9-16(25)29)27-23(18(17)21(28)31)13-3-2-4-14(24)19(13)26-22(23)32/h2-8,15,17-18,27H,9-10H2,1H3,(H2,25,29)(H,26,32)/t15-,17+,18+,23-/m1/s1. The van der Waals surface area contributed by atoms with Crippen molar-refractivity contribution in [3.8, 4) is 5.75 Å². The number of rotatable bonds is 5. The second kappa shape index (κ2) is 7.57. The third-order valence-electron chi connectivity index (χ3n) is 6.71. The van der Waals surface area contributed by atoms with Crippen LogP contribution < -0.4 is 21.1 Å². The van der Waals surface area contributed by atoms with Gasteiger partial charge in [-0.1, -0.05) is 35.9 Å². The first-order chi connectivity index (χ1) is 15.8. The molecule has 4 amide bonds. The van der Waals surface area contributed by atoms with Crippen LogP contribution in [0.2, 0.25) is 5.02 Å². The maximum Gasteiger partial charge on any atom is 0.250 e. The molecular formula is C23H21ClN4O5. The van der Waals surface area contributed by atoms with Gasteiger partial charge in [0, 0.05) is 18.0 Å². The maximum absolute atomic E-state index is 13.7. The number of primary amides is 1. The minimum atomic E-state index is -1.52. The van der Waals surface area contributed by atoms with E-state index in [-0.39, 0.29) is 13.0 Å². The second-order valence-corrected chi connectivity index (χ2v) is 8.87. The topological polar surface area (TPSA) is 131 Å². The van der Waals surface area contributed by atoms with Gasteiger partial charge in [0.05, 0.1) is 36.2 Å². The fourth-order valence-corrected chi connectivity index (χ4v) is 5.54. The predicted molar refractivity (Wildman–Crippen MR) is 118 cm³/mol. The molecular weight excluding hydrogens is 448 g/mol. The van der Waals surface area contributed by atoms with Crippen LogP contribution in [0.4, 0.5) is 5.69 Å². The normalized spacial score (nSPS) is 27.6. The summed E-state index contributed by atoms with van der Waals surface area (Å²) in [5.41, 5.74) is 5.52. The molecule has 170 valence electrons. The molecule has 0 aromatic heterocycles. The van der Waals surface area contributed by atoms with Crippen molar-refractivity contribution >= 4 is 40.9 Å². The highest BCUT2D eigenvalue weighted by atomic mass is 35.5. The number of nitrogens with two attached hydrogens (primary N) is 1. The Morgan fingerprint density at radius 2 is 1.88 bits per heavy atom. The van der Waals surface area contributed by atoms with Crippen LogP contribution in [0.5, 0.6) is 5.75 Å². The van der Waals surface area contributed by atoms with E-state index in [0.29, 0.717) is 22.0 Å². The molecule has 3 aliphatic heterocycles. The number of hydrogen-bond acceptors (Lipinski definition) is 6. The van der Waals surface area contributed by atoms with Gasteiger partial charge >= 0.3 is 0 Å². The van der Waals surface area contributed by atoms with Crippen LogP contribution >= 0.6 is 11.6 Å². The molecule has 4 N–H and O–H groups in total. The highest BCUT2D eigenvalue weighted by Crippen LogP contribution is 2.54. The summed E-state index contributed by atoms with van der Waals surface area (Å²) < 4.78 is 5.16. The Bertz CT molecular complexity index is 1200. The fraction of sp³-hybridized carbons (Fsp3) is 0.304. The van der Waals surface area contributed by atoms with E-state index in [0.717, 1.165) is 10.5 Å². The molecule has 0 saturated carbocycles. The molecule has 3 heterocycles. The molecule has 2 aromatic carbocycles. The van der Waals surface area contributed by atoms with Crippen molar-refractivity contribution in [2.24, 2.45) is 17.6 Å². The lowest BCUT2D eigenvalue weighted by Gasteiger charge is -2.29. The number of carbonyl (C=O) groups excluding carboxylic acids is 4. The lowest BCUT2D eigenvalue weighted by atomic mass is 9.76. The predicted octanol–water partition coefficient (Wildman–Crippen LogP) is 1.14. The molecule has 10 heteroatoms. The molecule has 2 saturated heterocycles. The average Bonchev–Trinajstić information content (AvgIpc) is 3.35. The van der Waals surface area contributed by atoms with Crippen molar-refractivity contribution in [2.45, 2.75) is 24.5 Å². The number of nitrogens with zero attached hydrogens (tertiary/aromatic N) is 1. The Morgan fingerprint density at radius 1 is 1.15 bits per heavy atom. The molecule has 0 unspecified atom stereocenters. The van der Waals surface area contributed by atoms with Gasteiger partial charge in [-0.05, 0) is 23.8 Å². The third-order valence-corrected chi connectivity index (χ3v) is 7.03. The zero-order chi connectivity index (χ0) is 23.5. The minimum absolute atomic E-state index is 0.0397. The molecule has 1 spiro atoms. The van der Waals surface area contributed by atoms with Gasteiger partial charge in [-0.25, -0.2) is 0 Å². The van der Waals surface area contributed by atoms with Crippen LogP contribution in [0, 0.1) is 11.8 Å². The van der Waals surface area contributed by atoms with Gasteiger partial charge in [0.2, 0.25) is 23.6 Å². The summed E-state index contributed by atoms with van der Waals surface area (Å²) in [6, 6.07) is 11.2. The van der Waals surface area contributed by atoms with Crippen LogP contribution in [0.3, 0.4) is 0 Å². The summed E-state index contributed by atoms with van der Waals surface area (Å²) in [4.78, 5) is 53.4. The third kappa shape index (κ3) is 3.03. The molecule has 0 aliphatic carbocycles. The molecule has 4 atom stereocenters. The van der Waals surface area contributed by atoms with Crippen LogP contribution in [-0.2, 0) is 31.3 Å². The van der Waals surface area contributed by atoms with Crippen molar-refractivity contribution in [2.75, 3.05) is 12.4 Å². The lowest BCUT2D eigenvalue weighted by molar-refractivity contribution is -0.143. The molecule has 0 bridgehead atoms. The number of halogens is 1. The van der Waals surface area contributed by atoms with E-state index in [1.54, 1.807) is 49.6 Å². The van der Waals surface area contributed by atoms with Crippen molar-refractivity contribution in [1.82, 2.24) is 10.2 Å². The first kappa shape index (κ1) is 21.4. The molecule has 9 nitrogen and oxygen atoms in total. The quantitative estimate of drug-likeness (QED) is 0.564. The Morgan fingerprint density at radius 3 is 2.55 bits per heavy atom. The number of likely N-dealkylation sites (tertiary alicyclic amines) is 1. The van der Waals surface area contributed by atoms with Gasteiger partial charge in [-0.3, -0.25) is 29.4 Å². The number of fused-ring (bicyclic) bond motifs is 4. The summed E-state index contributed by atoms with van der Waals surface area (Å²) in [6.45, 7) is 0.0397. The number of methoxy groups -OCH3 is 1. The van der Waals surface area contributed by atoms with E-state index >= 15 is 0 Å². The van der Waals surface area contributed by atoms with Gasteiger partial charge in [0.15, 0.2) is 0 Å². The maximum atomic E-state index is 13.7. The summed E-state index contributed by atoms with van der Waals surface area (Å²) >= 11 is 6.30. The molecule has 33 heavy (non-hydrogen) atoms. The Kier molecular flexibility index (Phi) is 4.91.